The Morgan fingerprint density at radius 2 is 1.56 bits per heavy atom. The van der Waals surface area contributed by atoms with Gasteiger partial charge in [-0.1, -0.05) is 97.2 Å². The third-order valence-electron chi connectivity index (χ3n) is 9.40. The van der Waals surface area contributed by atoms with Crippen molar-refractivity contribution >= 4 is 87.9 Å². The Hall–Kier alpha value is -3.21. The summed E-state index contributed by atoms with van der Waals surface area (Å²) in [5.74, 6) is -1.50. The number of rotatable bonds is 7. The molecule has 2 bridgehead atoms. The van der Waals surface area contributed by atoms with Gasteiger partial charge in [-0.05, 0) is 60.6 Å². The largest absolute Gasteiger partial charge is 0.454 e. The lowest BCUT2D eigenvalue weighted by Gasteiger charge is -2.28. The van der Waals surface area contributed by atoms with Crippen molar-refractivity contribution < 1.29 is 23.9 Å². The fourth-order valence-corrected chi connectivity index (χ4v) is 9.63. The predicted octanol–water partition coefficient (Wildman–Crippen LogP) is 7.55. The number of ketones is 1. The van der Waals surface area contributed by atoms with Gasteiger partial charge in [0.15, 0.2) is 12.4 Å². The number of benzene rings is 3. The maximum atomic E-state index is 13.5. The highest BCUT2D eigenvalue weighted by atomic mass is 79.9. The number of halogens is 3. The van der Waals surface area contributed by atoms with Gasteiger partial charge in [-0.3, -0.25) is 19.3 Å². The van der Waals surface area contributed by atoms with Crippen LogP contribution in [0.25, 0.3) is 22.2 Å². The summed E-state index contributed by atoms with van der Waals surface area (Å²) in [5.41, 5.74) is 4.12. The molecule has 2 heterocycles. The van der Waals surface area contributed by atoms with E-state index in [4.69, 9.17) is 9.72 Å². The van der Waals surface area contributed by atoms with Crippen LogP contribution in [-0.4, -0.2) is 44.8 Å². The summed E-state index contributed by atoms with van der Waals surface area (Å²) in [5, 5.41) is 0.614. The number of nitrogens with zero attached hydrogens (tertiary/aromatic N) is 2. The third-order valence-corrected chi connectivity index (χ3v) is 13.1. The highest BCUT2D eigenvalue weighted by Crippen LogP contribution is 2.60. The number of pyridine rings is 1. The maximum Gasteiger partial charge on any atom is 0.339 e. The molecule has 7 nitrogen and oxygen atoms in total. The van der Waals surface area contributed by atoms with Crippen molar-refractivity contribution in [2.24, 2.45) is 23.7 Å². The Labute approximate surface area is 285 Å². The van der Waals surface area contributed by atoms with Crippen molar-refractivity contribution in [3.05, 3.63) is 94.0 Å². The van der Waals surface area contributed by atoms with Gasteiger partial charge in [-0.2, -0.15) is 0 Å². The van der Waals surface area contributed by atoms with Gasteiger partial charge in [0.25, 0.3) is 0 Å². The number of alkyl halides is 2. The molecular formula is C35H27Br3N2O5. The van der Waals surface area contributed by atoms with Gasteiger partial charge >= 0.3 is 5.97 Å². The second-order valence-corrected chi connectivity index (χ2v) is 14.8. The topological polar surface area (TPSA) is 93.6 Å². The molecule has 1 aromatic heterocycles. The average Bonchev–Trinajstić information content (AvgIpc) is 3.67. The van der Waals surface area contributed by atoms with Crippen LogP contribution in [0, 0.1) is 23.7 Å². The molecule has 228 valence electrons. The number of hydrogen-bond acceptors (Lipinski definition) is 6. The van der Waals surface area contributed by atoms with E-state index in [0.29, 0.717) is 39.8 Å². The van der Waals surface area contributed by atoms with Crippen LogP contribution >= 0.6 is 47.8 Å². The molecule has 4 aromatic rings. The monoisotopic (exact) mass is 792 g/mol. The zero-order valence-electron chi connectivity index (χ0n) is 24.1. The number of ether oxygens (including phenoxy) is 1. The number of hydrogen-bond donors (Lipinski definition) is 0. The molecule has 3 aromatic carbocycles. The second-order valence-electron chi connectivity index (χ2n) is 11.8. The third kappa shape index (κ3) is 5.09. The summed E-state index contributed by atoms with van der Waals surface area (Å²) in [7, 11) is 0. The fraction of sp³-hybridized carbons (Fsp3) is 0.286. The number of amides is 2. The van der Waals surface area contributed by atoms with E-state index < -0.39 is 12.6 Å². The first-order valence-electron chi connectivity index (χ1n) is 14.8. The van der Waals surface area contributed by atoms with E-state index in [2.05, 4.69) is 47.8 Å². The number of carbonyl (C=O) groups is 4. The smallest absolute Gasteiger partial charge is 0.339 e. The van der Waals surface area contributed by atoms with Crippen LogP contribution in [0.2, 0.25) is 0 Å². The quantitative estimate of drug-likeness (QED) is 0.0831. The summed E-state index contributed by atoms with van der Waals surface area (Å²) >= 11 is 11.0. The molecule has 3 aliphatic rings. The number of fused-ring (bicyclic) bond motifs is 6. The summed E-state index contributed by atoms with van der Waals surface area (Å²) in [6, 6.07) is 21.3. The molecule has 3 fully saturated rings. The van der Waals surface area contributed by atoms with E-state index in [-0.39, 0.29) is 56.5 Å². The standard InChI is InChI=1S/C35H27Br3N2O5/c1-2-17-12-20(36)13-22-23(35(44)45-16-27(41)19-6-4-3-5-7-19)15-26(39-32(17)22)18-8-10-21(11-9-18)40-33(42)28-24-14-25(29(28)34(40)43)31(38)30(24)37/h3-13,15,24-25,28-31H,2,14,16H2,1H3. The molecule has 6 unspecified atom stereocenters. The van der Waals surface area contributed by atoms with Crippen LogP contribution in [0.3, 0.4) is 0 Å². The Balaban J connectivity index is 1.20. The van der Waals surface area contributed by atoms with Gasteiger partial charge in [0.1, 0.15) is 0 Å². The van der Waals surface area contributed by atoms with Crippen LogP contribution in [0.4, 0.5) is 5.69 Å². The van der Waals surface area contributed by atoms with Gasteiger partial charge in [-0.15, -0.1) is 0 Å². The zero-order chi connectivity index (χ0) is 31.6. The van der Waals surface area contributed by atoms with Gasteiger partial charge in [0, 0.05) is 30.6 Å². The molecule has 0 spiro atoms. The molecule has 2 saturated carbocycles. The molecule has 6 atom stereocenters. The van der Waals surface area contributed by atoms with Crippen molar-refractivity contribution in [2.45, 2.75) is 29.4 Å². The molecule has 2 amide bonds. The lowest BCUT2D eigenvalue weighted by molar-refractivity contribution is -0.123. The Kier molecular flexibility index (Phi) is 8.02. The first-order valence-corrected chi connectivity index (χ1v) is 17.4. The minimum atomic E-state index is -0.630. The van der Waals surface area contributed by atoms with Crippen molar-refractivity contribution in [3.63, 3.8) is 0 Å². The van der Waals surface area contributed by atoms with Crippen LogP contribution < -0.4 is 4.90 Å². The van der Waals surface area contributed by atoms with E-state index >= 15 is 0 Å². The van der Waals surface area contributed by atoms with E-state index in [1.54, 1.807) is 42.5 Å². The van der Waals surface area contributed by atoms with Gasteiger partial charge in [-0.25, -0.2) is 9.78 Å². The van der Waals surface area contributed by atoms with Crippen molar-refractivity contribution in [2.75, 3.05) is 11.5 Å². The van der Waals surface area contributed by atoms with Gasteiger partial charge < -0.3 is 4.74 Å². The molecule has 0 N–H and O–H groups in total. The molecule has 0 radical (unpaired) electrons. The number of carbonyl (C=O) groups excluding carboxylic acids is 4. The lowest BCUT2D eigenvalue weighted by atomic mass is 9.81. The Morgan fingerprint density at radius 1 is 0.911 bits per heavy atom. The van der Waals surface area contributed by atoms with E-state index in [9.17, 15) is 19.2 Å². The number of aryl methyl sites for hydroxylation is 1. The van der Waals surface area contributed by atoms with Gasteiger partial charge in [0.2, 0.25) is 11.8 Å². The minimum Gasteiger partial charge on any atom is -0.454 e. The lowest BCUT2D eigenvalue weighted by Crippen LogP contribution is -2.37. The number of anilines is 1. The molecule has 1 saturated heterocycles. The molecule has 2 aliphatic carbocycles. The fourth-order valence-electron chi connectivity index (χ4n) is 7.25. The van der Waals surface area contributed by atoms with Crippen LogP contribution in [-0.2, 0) is 20.7 Å². The zero-order valence-corrected chi connectivity index (χ0v) is 28.8. The normalized spacial score (nSPS) is 25.2. The molecule has 1 aliphatic heterocycles. The number of aromatic nitrogens is 1. The molecule has 10 heteroatoms. The van der Waals surface area contributed by atoms with Crippen molar-refractivity contribution in [1.82, 2.24) is 4.98 Å². The highest BCUT2D eigenvalue weighted by Gasteiger charge is 2.66. The predicted molar refractivity (Wildman–Crippen MR) is 182 cm³/mol. The van der Waals surface area contributed by atoms with E-state index in [1.807, 2.05) is 37.3 Å². The Morgan fingerprint density at radius 3 is 2.18 bits per heavy atom. The van der Waals surface area contributed by atoms with Crippen molar-refractivity contribution in [1.29, 1.82) is 0 Å². The molecule has 45 heavy (non-hydrogen) atoms. The number of Topliss-reactive ketones (excluding diaryl/α,β-unsaturated/α-hetero) is 1. The highest BCUT2D eigenvalue weighted by molar-refractivity contribution is 9.12. The summed E-state index contributed by atoms with van der Waals surface area (Å²) in [6.45, 7) is 1.63. The van der Waals surface area contributed by atoms with Gasteiger partial charge in [0.05, 0.1) is 34.3 Å². The minimum absolute atomic E-state index is 0.133. The summed E-state index contributed by atoms with van der Waals surface area (Å²) in [6.07, 6.45) is 1.56. The number of esters is 1. The second kappa shape index (κ2) is 11.9. The van der Waals surface area contributed by atoms with Crippen LogP contribution in [0.1, 0.15) is 39.6 Å². The first kappa shape index (κ1) is 30.4. The van der Waals surface area contributed by atoms with E-state index in [1.165, 1.54) is 4.90 Å². The Bertz CT molecular complexity index is 1850. The average molecular weight is 795 g/mol. The maximum absolute atomic E-state index is 13.5. The number of imide groups is 1. The summed E-state index contributed by atoms with van der Waals surface area (Å²) in [4.78, 5) is 59.8. The van der Waals surface area contributed by atoms with Crippen LogP contribution in [0.15, 0.2) is 77.3 Å². The SMILES string of the molecule is CCc1cc(Br)cc2c(C(=O)OCC(=O)c3ccccc3)cc(-c3ccc(N4C(=O)C5C6CC(C(Br)C6Br)C5C4=O)cc3)nc12. The van der Waals surface area contributed by atoms with Crippen molar-refractivity contribution in [3.8, 4) is 11.3 Å². The van der Waals surface area contributed by atoms with E-state index in [0.717, 1.165) is 16.5 Å². The molecular weight excluding hydrogens is 768 g/mol. The summed E-state index contributed by atoms with van der Waals surface area (Å²) < 4.78 is 6.32. The van der Waals surface area contributed by atoms with Crippen LogP contribution in [0.5, 0.6) is 0 Å². The first-order chi connectivity index (χ1) is 21.7. The molecule has 7 rings (SSSR count).